The topological polar surface area (TPSA) is 91.6 Å². The van der Waals surface area contributed by atoms with Gasteiger partial charge in [-0.25, -0.2) is 9.36 Å². The molecule has 0 bridgehead atoms. The molecule has 0 aliphatic rings. The second-order valence-electron chi connectivity index (χ2n) is 7.36. The molecule has 2 aromatic carbocycles. The van der Waals surface area contributed by atoms with E-state index in [0.717, 1.165) is 15.7 Å². The number of hydrogen-bond donors (Lipinski definition) is 1. The Morgan fingerprint density at radius 1 is 1.03 bits per heavy atom. The highest BCUT2D eigenvalue weighted by Crippen LogP contribution is 2.30. The largest absolute Gasteiger partial charge is 0.493 e. The number of benzene rings is 2. The van der Waals surface area contributed by atoms with E-state index in [9.17, 15) is 14.4 Å². The van der Waals surface area contributed by atoms with Crippen molar-refractivity contribution < 1.29 is 14.3 Å². The molecule has 2 heterocycles. The Hall–Kier alpha value is -3.85. The van der Waals surface area contributed by atoms with Gasteiger partial charge in [0.25, 0.3) is 5.56 Å². The molecule has 9 heteroatoms. The number of thiophene rings is 1. The summed E-state index contributed by atoms with van der Waals surface area (Å²) in [5.41, 5.74) is 1.51. The molecular weight excluding hydrogens is 442 g/mol. The zero-order valence-electron chi connectivity index (χ0n) is 18.5. The fourth-order valence-corrected chi connectivity index (χ4v) is 4.58. The predicted octanol–water partition coefficient (Wildman–Crippen LogP) is 2.86. The van der Waals surface area contributed by atoms with Crippen LogP contribution in [-0.2, 0) is 17.9 Å². The number of carbonyl (C=O) groups is 1. The van der Waals surface area contributed by atoms with Crippen molar-refractivity contribution in [3.05, 3.63) is 85.9 Å². The van der Waals surface area contributed by atoms with Crippen LogP contribution >= 0.6 is 11.3 Å². The van der Waals surface area contributed by atoms with Crippen LogP contribution in [0.15, 0.2) is 63.5 Å². The second-order valence-corrected chi connectivity index (χ2v) is 8.28. The first kappa shape index (κ1) is 22.3. The summed E-state index contributed by atoms with van der Waals surface area (Å²) in [4.78, 5) is 39.3. The molecule has 0 saturated heterocycles. The van der Waals surface area contributed by atoms with Gasteiger partial charge >= 0.3 is 5.69 Å². The van der Waals surface area contributed by atoms with Gasteiger partial charge in [-0.05, 0) is 36.1 Å². The monoisotopic (exact) mass is 465 g/mol. The number of nitrogens with one attached hydrogen (secondary N) is 1. The first-order valence-corrected chi connectivity index (χ1v) is 11.1. The number of fused-ring (bicyclic) bond motifs is 1. The lowest BCUT2D eigenvalue weighted by atomic mass is 10.2. The van der Waals surface area contributed by atoms with E-state index in [0.29, 0.717) is 27.4 Å². The third kappa shape index (κ3) is 4.14. The maximum absolute atomic E-state index is 13.4. The third-order valence-electron chi connectivity index (χ3n) is 5.37. The maximum Gasteiger partial charge on any atom is 0.336 e. The minimum absolute atomic E-state index is 0.193. The Morgan fingerprint density at radius 3 is 2.55 bits per heavy atom. The van der Waals surface area contributed by atoms with Crippen molar-refractivity contribution >= 4 is 27.5 Å². The van der Waals surface area contributed by atoms with Crippen LogP contribution < -0.4 is 26.0 Å². The Labute approximate surface area is 193 Å². The molecule has 4 rings (SSSR count). The van der Waals surface area contributed by atoms with E-state index in [1.807, 2.05) is 25.1 Å². The molecule has 1 amide bonds. The number of aromatic nitrogens is 2. The van der Waals surface area contributed by atoms with Gasteiger partial charge in [-0.3, -0.25) is 14.2 Å². The van der Waals surface area contributed by atoms with Gasteiger partial charge in [-0.15, -0.1) is 11.3 Å². The molecule has 170 valence electrons. The van der Waals surface area contributed by atoms with Crippen molar-refractivity contribution in [1.82, 2.24) is 14.5 Å². The number of hydrogen-bond acceptors (Lipinski definition) is 6. The van der Waals surface area contributed by atoms with Gasteiger partial charge in [-0.2, -0.15) is 0 Å². The standard InChI is InChI=1S/C24H23N3O5S/c1-15-7-4-5-9-17(15)27-23(29)22-18(11-12-33-22)26(24(27)30)14-20(28)25-13-16-8-6-10-19(31-2)21(16)32-3/h4-12H,13-14H2,1-3H3,(H,25,28). The molecule has 0 spiro atoms. The summed E-state index contributed by atoms with van der Waals surface area (Å²) in [6.07, 6.45) is 0. The fraction of sp³-hybridized carbons (Fsp3) is 0.208. The minimum atomic E-state index is -0.561. The number of para-hydroxylation sites is 2. The van der Waals surface area contributed by atoms with Crippen molar-refractivity contribution in [2.45, 2.75) is 20.0 Å². The van der Waals surface area contributed by atoms with Crippen LogP contribution in [0.4, 0.5) is 0 Å². The lowest BCUT2D eigenvalue weighted by Gasteiger charge is -2.15. The van der Waals surface area contributed by atoms with Crippen LogP contribution in [0.2, 0.25) is 0 Å². The van der Waals surface area contributed by atoms with Crippen LogP contribution in [0.25, 0.3) is 15.9 Å². The van der Waals surface area contributed by atoms with Crippen molar-refractivity contribution in [2.24, 2.45) is 0 Å². The molecule has 8 nitrogen and oxygen atoms in total. The Morgan fingerprint density at radius 2 is 1.82 bits per heavy atom. The van der Waals surface area contributed by atoms with Crippen LogP contribution in [0.3, 0.4) is 0 Å². The van der Waals surface area contributed by atoms with E-state index in [4.69, 9.17) is 9.47 Å². The summed E-state index contributed by atoms with van der Waals surface area (Å²) in [5.74, 6) is 0.723. The van der Waals surface area contributed by atoms with Gasteiger partial charge in [-0.1, -0.05) is 30.3 Å². The first-order valence-electron chi connectivity index (χ1n) is 10.2. The number of carbonyl (C=O) groups excluding carboxylic acids is 1. The quantitative estimate of drug-likeness (QED) is 0.453. The number of nitrogens with zero attached hydrogens (tertiary/aromatic N) is 2. The number of ether oxygens (including phenoxy) is 2. The average Bonchev–Trinajstić information content (AvgIpc) is 3.31. The number of rotatable bonds is 7. The van der Waals surface area contributed by atoms with E-state index < -0.39 is 11.2 Å². The molecular formula is C24H23N3O5S. The van der Waals surface area contributed by atoms with Crippen molar-refractivity contribution in [3.8, 4) is 17.2 Å². The molecule has 0 radical (unpaired) electrons. The van der Waals surface area contributed by atoms with E-state index in [1.165, 1.54) is 23.0 Å². The molecule has 0 unspecified atom stereocenters. The summed E-state index contributed by atoms with van der Waals surface area (Å²) in [6.45, 7) is 1.79. The lowest BCUT2D eigenvalue weighted by molar-refractivity contribution is -0.121. The highest BCUT2D eigenvalue weighted by Gasteiger charge is 2.19. The van der Waals surface area contributed by atoms with Gasteiger partial charge < -0.3 is 14.8 Å². The van der Waals surface area contributed by atoms with Gasteiger partial charge in [0, 0.05) is 12.1 Å². The summed E-state index contributed by atoms with van der Waals surface area (Å²) in [7, 11) is 3.08. The lowest BCUT2D eigenvalue weighted by Crippen LogP contribution is -2.41. The zero-order chi connectivity index (χ0) is 23.5. The van der Waals surface area contributed by atoms with Gasteiger partial charge in [0.1, 0.15) is 11.2 Å². The first-order chi connectivity index (χ1) is 16.0. The predicted molar refractivity (Wildman–Crippen MR) is 128 cm³/mol. The number of amides is 1. The average molecular weight is 466 g/mol. The second kappa shape index (κ2) is 9.33. The van der Waals surface area contributed by atoms with Crippen LogP contribution in [0.1, 0.15) is 11.1 Å². The Balaban J connectivity index is 1.68. The van der Waals surface area contributed by atoms with Crippen LogP contribution in [-0.4, -0.2) is 29.3 Å². The highest BCUT2D eigenvalue weighted by molar-refractivity contribution is 7.17. The van der Waals surface area contributed by atoms with Crippen molar-refractivity contribution in [1.29, 1.82) is 0 Å². The maximum atomic E-state index is 13.4. The summed E-state index contributed by atoms with van der Waals surface area (Å²) < 4.78 is 13.6. The van der Waals surface area contributed by atoms with E-state index in [2.05, 4.69) is 5.32 Å². The molecule has 2 aromatic heterocycles. The van der Waals surface area contributed by atoms with Crippen molar-refractivity contribution in [2.75, 3.05) is 14.2 Å². The number of methoxy groups -OCH3 is 2. The van der Waals surface area contributed by atoms with Gasteiger partial charge in [0.05, 0.1) is 25.4 Å². The molecule has 0 atom stereocenters. The number of aryl methyl sites for hydroxylation is 1. The van der Waals surface area contributed by atoms with Crippen LogP contribution in [0, 0.1) is 6.92 Å². The molecule has 0 aliphatic carbocycles. The summed E-state index contributed by atoms with van der Waals surface area (Å²) in [6, 6.07) is 14.2. The van der Waals surface area contributed by atoms with E-state index in [1.54, 1.807) is 42.8 Å². The van der Waals surface area contributed by atoms with Crippen molar-refractivity contribution in [3.63, 3.8) is 0 Å². The summed E-state index contributed by atoms with van der Waals surface area (Å²) in [5, 5.41) is 4.56. The molecule has 33 heavy (non-hydrogen) atoms. The van der Waals surface area contributed by atoms with E-state index in [-0.39, 0.29) is 19.0 Å². The molecule has 1 N–H and O–H groups in total. The smallest absolute Gasteiger partial charge is 0.336 e. The van der Waals surface area contributed by atoms with Gasteiger partial charge in [0.15, 0.2) is 11.5 Å². The Bertz CT molecular complexity index is 1450. The molecule has 0 aliphatic heterocycles. The fourth-order valence-electron chi connectivity index (χ4n) is 3.75. The Kier molecular flexibility index (Phi) is 6.32. The highest BCUT2D eigenvalue weighted by atomic mass is 32.1. The summed E-state index contributed by atoms with van der Waals surface area (Å²) >= 11 is 1.24. The third-order valence-corrected chi connectivity index (χ3v) is 6.26. The normalized spacial score (nSPS) is 10.9. The van der Waals surface area contributed by atoms with E-state index >= 15 is 0 Å². The minimum Gasteiger partial charge on any atom is -0.493 e. The van der Waals surface area contributed by atoms with Gasteiger partial charge in [0.2, 0.25) is 5.91 Å². The zero-order valence-corrected chi connectivity index (χ0v) is 19.3. The van der Waals surface area contributed by atoms with Crippen LogP contribution in [0.5, 0.6) is 11.5 Å². The molecule has 4 aromatic rings. The SMILES string of the molecule is COc1cccc(CNC(=O)Cn2c(=O)n(-c3ccccc3C)c(=O)c3sccc32)c1OC. The molecule has 0 saturated carbocycles. The molecule has 0 fully saturated rings.